The predicted molar refractivity (Wildman–Crippen MR) is 121 cm³/mol. The van der Waals surface area contributed by atoms with Crippen molar-refractivity contribution >= 4 is 17.3 Å². The normalized spacial score (nSPS) is 16.5. The van der Waals surface area contributed by atoms with Crippen LogP contribution in [0.2, 0.25) is 0 Å². The quantitative estimate of drug-likeness (QED) is 0.591. The molecule has 2 atom stereocenters. The molecule has 33 heavy (non-hydrogen) atoms. The predicted octanol–water partition coefficient (Wildman–Crippen LogP) is 3.49. The van der Waals surface area contributed by atoms with E-state index < -0.39 is 17.7 Å². The Kier molecular flexibility index (Phi) is 6.42. The Bertz CT molecular complexity index is 1180. The summed E-state index contributed by atoms with van der Waals surface area (Å²) >= 11 is 0. The molecule has 0 spiro atoms. The zero-order valence-electron chi connectivity index (χ0n) is 19.1. The first-order valence-corrected chi connectivity index (χ1v) is 10.8. The van der Waals surface area contributed by atoms with Gasteiger partial charge in [-0.05, 0) is 56.0 Å². The van der Waals surface area contributed by atoms with E-state index >= 15 is 0 Å². The van der Waals surface area contributed by atoms with E-state index in [1.807, 2.05) is 38.1 Å². The molecule has 1 amide bonds. The van der Waals surface area contributed by atoms with Crippen LogP contribution in [0.4, 0.5) is 20.2 Å². The summed E-state index contributed by atoms with van der Waals surface area (Å²) in [6.07, 6.45) is 4.82. The van der Waals surface area contributed by atoms with Gasteiger partial charge < -0.3 is 15.0 Å². The highest BCUT2D eigenvalue weighted by atomic mass is 19.2. The number of fused-ring (bicyclic) bond motifs is 1. The molecule has 0 bridgehead atoms. The number of benzene rings is 1. The second kappa shape index (κ2) is 9.27. The van der Waals surface area contributed by atoms with Crippen LogP contribution in [0.15, 0.2) is 36.7 Å². The number of methoxy groups -OCH3 is 1. The van der Waals surface area contributed by atoms with Crippen LogP contribution < -0.4 is 10.2 Å². The van der Waals surface area contributed by atoms with E-state index in [2.05, 4.69) is 15.4 Å². The lowest BCUT2D eigenvalue weighted by Crippen LogP contribution is -2.52. The maximum absolute atomic E-state index is 13.4. The van der Waals surface area contributed by atoms with Crippen molar-refractivity contribution in [2.75, 3.05) is 24.4 Å². The van der Waals surface area contributed by atoms with E-state index in [-0.39, 0.29) is 12.0 Å². The van der Waals surface area contributed by atoms with Crippen molar-refractivity contribution in [3.63, 3.8) is 0 Å². The Morgan fingerprint density at radius 1 is 1.18 bits per heavy atom. The molecule has 1 aliphatic heterocycles. The second-order valence-corrected chi connectivity index (χ2v) is 8.37. The smallest absolute Gasteiger partial charge is 0.249 e. The highest BCUT2D eigenvalue weighted by Crippen LogP contribution is 2.35. The van der Waals surface area contributed by atoms with Gasteiger partial charge in [0.05, 0.1) is 35.9 Å². The molecule has 3 heterocycles. The average Bonchev–Trinajstić information content (AvgIpc) is 3.23. The molecule has 9 heteroatoms. The summed E-state index contributed by atoms with van der Waals surface area (Å²) in [6.45, 7) is 4.12. The SMILES string of the molecule is CO[C@H](C)[C@H]1C(=O)Nc2c(cc(CCc3cnn(Cc4ccc(F)c(F)c4)c3)nc2C)N1C. The fourth-order valence-corrected chi connectivity index (χ4v) is 4.18. The van der Waals surface area contributed by atoms with Crippen LogP contribution in [0, 0.1) is 18.6 Å². The molecule has 174 valence electrons. The van der Waals surface area contributed by atoms with E-state index in [1.54, 1.807) is 24.1 Å². The lowest BCUT2D eigenvalue weighted by Gasteiger charge is -2.38. The first kappa shape index (κ1) is 22.8. The molecular formula is C24H27F2N5O2. The summed E-state index contributed by atoms with van der Waals surface area (Å²) < 4.78 is 33.7. The van der Waals surface area contributed by atoms with Gasteiger partial charge in [-0.25, -0.2) is 8.78 Å². The van der Waals surface area contributed by atoms with Crippen LogP contribution in [0.1, 0.15) is 29.4 Å². The molecule has 1 N–H and O–H groups in total. The zero-order chi connectivity index (χ0) is 23.7. The number of halogens is 2. The number of hydrogen-bond donors (Lipinski definition) is 1. The molecule has 1 aliphatic rings. The van der Waals surface area contributed by atoms with E-state index in [0.29, 0.717) is 18.5 Å². The molecule has 1 aromatic carbocycles. The number of hydrogen-bond acceptors (Lipinski definition) is 5. The molecule has 4 rings (SSSR count). The fourth-order valence-electron chi connectivity index (χ4n) is 4.18. The van der Waals surface area contributed by atoms with Crippen LogP contribution in [0.3, 0.4) is 0 Å². The van der Waals surface area contributed by atoms with Gasteiger partial charge in [0, 0.05) is 26.0 Å². The molecule has 0 aliphatic carbocycles. The molecule has 0 radical (unpaired) electrons. The number of carbonyl (C=O) groups is 1. The third kappa shape index (κ3) is 4.73. The average molecular weight is 456 g/mol. The van der Waals surface area contributed by atoms with E-state index in [1.165, 1.54) is 6.07 Å². The van der Waals surface area contributed by atoms with Gasteiger partial charge in [0.15, 0.2) is 11.6 Å². The van der Waals surface area contributed by atoms with Crippen LogP contribution in [0.5, 0.6) is 0 Å². The van der Waals surface area contributed by atoms with Crippen molar-refractivity contribution in [3.8, 4) is 0 Å². The van der Waals surface area contributed by atoms with Crippen LogP contribution >= 0.6 is 0 Å². The standard InChI is InChI=1S/C24H27F2N5O2/c1-14-22-21(30(3)23(15(2)33-4)24(32)29-22)10-18(28-14)7-5-17-11-27-31(13-17)12-16-6-8-19(25)20(26)9-16/h6,8-11,13,15,23H,5,7,12H2,1-4H3,(H,29,32)/t15-,23+/m1/s1. The largest absolute Gasteiger partial charge is 0.379 e. The van der Waals surface area contributed by atoms with Gasteiger partial charge in [-0.2, -0.15) is 5.10 Å². The van der Waals surface area contributed by atoms with Crippen molar-refractivity contribution in [1.29, 1.82) is 0 Å². The van der Waals surface area contributed by atoms with Gasteiger partial charge in [-0.3, -0.25) is 14.5 Å². The molecule has 0 saturated carbocycles. The Morgan fingerprint density at radius 3 is 2.70 bits per heavy atom. The number of anilines is 2. The Hall–Kier alpha value is -3.33. The molecule has 7 nitrogen and oxygen atoms in total. The number of amides is 1. The summed E-state index contributed by atoms with van der Waals surface area (Å²) in [5.74, 6) is -1.83. The number of carbonyl (C=O) groups excluding carboxylic acids is 1. The Balaban J connectivity index is 1.46. The van der Waals surface area contributed by atoms with Crippen molar-refractivity contribution < 1.29 is 18.3 Å². The Labute approximate surface area is 191 Å². The first-order chi connectivity index (χ1) is 15.8. The van der Waals surface area contributed by atoms with E-state index in [0.717, 1.165) is 40.8 Å². The summed E-state index contributed by atoms with van der Waals surface area (Å²) in [7, 11) is 3.49. The minimum atomic E-state index is -0.864. The third-order valence-electron chi connectivity index (χ3n) is 6.05. The number of ether oxygens (including phenoxy) is 1. The van der Waals surface area contributed by atoms with Gasteiger partial charge in [0.2, 0.25) is 5.91 Å². The number of nitrogens with zero attached hydrogens (tertiary/aromatic N) is 4. The van der Waals surface area contributed by atoms with Crippen molar-refractivity contribution in [3.05, 3.63) is 70.8 Å². The van der Waals surface area contributed by atoms with E-state index in [4.69, 9.17) is 4.74 Å². The van der Waals surface area contributed by atoms with Gasteiger partial charge in [0.25, 0.3) is 0 Å². The monoisotopic (exact) mass is 455 g/mol. The van der Waals surface area contributed by atoms with Crippen LogP contribution in [-0.2, 0) is 28.9 Å². The molecule has 3 aromatic rings. The van der Waals surface area contributed by atoms with Crippen LogP contribution in [-0.4, -0.2) is 47.0 Å². The summed E-state index contributed by atoms with van der Waals surface area (Å²) in [5, 5.41) is 7.31. The summed E-state index contributed by atoms with van der Waals surface area (Å²) in [5.41, 5.74) is 4.97. The maximum atomic E-state index is 13.4. The second-order valence-electron chi connectivity index (χ2n) is 8.37. The van der Waals surface area contributed by atoms with Crippen molar-refractivity contribution in [2.24, 2.45) is 0 Å². The third-order valence-corrected chi connectivity index (χ3v) is 6.05. The van der Waals surface area contributed by atoms with Crippen molar-refractivity contribution in [2.45, 2.75) is 45.4 Å². The number of likely N-dealkylation sites (N-methyl/N-ethyl adjacent to an activating group) is 1. The zero-order valence-corrected chi connectivity index (χ0v) is 19.1. The molecular weight excluding hydrogens is 428 g/mol. The number of rotatable bonds is 7. The van der Waals surface area contributed by atoms with Crippen LogP contribution in [0.25, 0.3) is 0 Å². The van der Waals surface area contributed by atoms with Gasteiger partial charge >= 0.3 is 0 Å². The fraction of sp³-hybridized carbons (Fsp3) is 0.375. The van der Waals surface area contributed by atoms with Crippen molar-refractivity contribution in [1.82, 2.24) is 14.8 Å². The lowest BCUT2D eigenvalue weighted by molar-refractivity contribution is -0.120. The Morgan fingerprint density at radius 2 is 1.97 bits per heavy atom. The molecule has 0 fully saturated rings. The minimum Gasteiger partial charge on any atom is -0.379 e. The lowest BCUT2D eigenvalue weighted by atomic mass is 10.0. The van der Waals surface area contributed by atoms with Gasteiger partial charge in [0.1, 0.15) is 6.04 Å². The number of aryl methyl sites for hydroxylation is 3. The van der Waals surface area contributed by atoms with Gasteiger partial charge in [-0.1, -0.05) is 6.07 Å². The molecule has 2 aromatic heterocycles. The minimum absolute atomic E-state index is 0.106. The summed E-state index contributed by atoms with van der Waals surface area (Å²) in [4.78, 5) is 19.2. The van der Waals surface area contributed by atoms with Gasteiger partial charge in [-0.15, -0.1) is 0 Å². The number of pyridine rings is 1. The summed E-state index contributed by atoms with van der Waals surface area (Å²) in [6, 6.07) is 5.43. The highest BCUT2D eigenvalue weighted by Gasteiger charge is 2.36. The highest BCUT2D eigenvalue weighted by molar-refractivity contribution is 6.04. The first-order valence-electron chi connectivity index (χ1n) is 10.8. The van der Waals surface area contributed by atoms with E-state index in [9.17, 15) is 13.6 Å². The topological polar surface area (TPSA) is 72.3 Å². The number of nitrogens with one attached hydrogen (secondary N) is 1. The number of aromatic nitrogens is 3. The molecule has 0 saturated heterocycles. The molecule has 0 unspecified atom stereocenters. The maximum Gasteiger partial charge on any atom is 0.249 e.